The summed E-state index contributed by atoms with van der Waals surface area (Å²) >= 11 is 0. The first kappa shape index (κ1) is 13.4. The maximum absolute atomic E-state index is 12.1. The van der Waals surface area contributed by atoms with E-state index in [-0.39, 0.29) is 11.7 Å². The minimum Gasteiger partial charge on any atom is -0.445 e. The normalized spacial score (nSPS) is 29.1. The van der Waals surface area contributed by atoms with E-state index in [9.17, 15) is 4.79 Å². The fourth-order valence-electron chi connectivity index (χ4n) is 2.80. The summed E-state index contributed by atoms with van der Waals surface area (Å²) in [5, 5.41) is 0. The van der Waals surface area contributed by atoms with Gasteiger partial charge in [-0.05, 0) is 25.3 Å². The molecule has 0 radical (unpaired) electrons. The summed E-state index contributed by atoms with van der Waals surface area (Å²) < 4.78 is 10.9. The summed E-state index contributed by atoms with van der Waals surface area (Å²) in [6.45, 7) is 4.85. The largest absolute Gasteiger partial charge is 0.445 e. The van der Waals surface area contributed by atoms with Crippen LogP contribution in [0.1, 0.15) is 25.3 Å². The standard InChI is InChI=1S/C16H21NO3/c1-16(12-20-16)14-8-5-9-17(10-14)15(18)19-11-13-6-3-2-4-7-13/h2-4,6-7,14H,5,8-12H2,1H3/t14-,16?/m0/s1. The molecule has 4 heteroatoms. The maximum Gasteiger partial charge on any atom is 0.410 e. The summed E-state index contributed by atoms with van der Waals surface area (Å²) in [7, 11) is 0. The van der Waals surface area contributed by atoms with Crippen LogP contribution in [0.4, 0.5) is 4.79 Å². The Morgan fingerprint density at radius 1 is 1.45 bits per heavy atom. The number of rotatable bonds is 3. The second kappa shape index (κ2) is 5.44. The Bertz CT molecular complexity index is 470. The number of benzene rings is 1. The Labute approximate surface area is 119 Å². The number of carbonyl (C=O) groups is 1. The highest BCUT2D eigenvalue weighted by molar-refractivity contribution is 5.67. The first-order valence-electron chi connectivity index (χ1n) is 7.27. The molecule has 108 valence electrons. The van der Waals surface area contributed by atoms with E-state index in [0.717, 1.165) is 38.1 Å². The highest BCUT2D eigenvalue weighted by Gasteiger charge is 2.48. The number of amides is 1. The van der Waals surface area contributed by atoms with Gasteiger partial charge in [0.2, 0.25) is 0 Å². The maximum atomic E-state index is 12.1. The fraction of sp³-hybridized carbons (Fsp3) is 0.562. The van der Waals surface area contributed by atoms with Crippen molar-refractivity contribution in [1.82, 2.24) is 4.90 Å². The van der Waals surface area contributed by atoms with E-state index < -0.39 is 0 Å². The van der Waals surface area contributed by atoms with Crippen molar-refractivity contribution in [2.24, 2.45) is 5.92 Å². The summed E-state index contributed by atoms with van der Waals surface area (Å²) in [5.41, 5.74) is 1.02. The lowest BCUT2D eigenvalue weighted by Crippen LogP contribution is -2.44. The lowest BCUT2D eigenvalue weighted by Gasteiger charge is -2.33. The van der Waals surface area contributed by atoms with Gasteiger partial charge in [0.15, 0.2) is 0 Å². The summed E-state index contributed by atoms with van der Waals surface area (Å²) in [5.74, 6) is 0.445. The number of epoxide rings is 1. The van der Waals surface area contributed by atoms with Crippen molar-refractivity contribution in [3.63, 3.8) is 0 Å². The van der Waals surface area contributed by atoms with Crippen LogP contribution < -0.4 is 0 Å². The van der Waals surface area contributed by atoms with Crippen LogP contribution in [-0.4, -0.2) is 36.3 Å². The predicted octanol–water partition coefficient (Wildman–Crippen LogP) is 2.82. The van der Waals surface area contributed by atoms with Gasteiger partial charge in [-0.15, -0.1) is 0 Å². The predicted molar refractivity (Wildman–Crippen MR) is 75.3 cm³/mol. The minimum absolute atomic E-state index is 0.00161. The molecule has 0 N–H and O–H groups in total. The molecule has 2 aliphatic heterocycles. The van der Waals surface area contributed by atoms with E-state index in [2.05, 4.69) is 6.92 Å². The van der Waals surface area contributed by atoms with Crippen molar-refractivity contribution in [3.8, 4) is 0 Å². The van der Waals surface area contributed by atoms with Crippen LogP contribution in [0.5, 0.6) is 0 Å². The van der Waals surface area contributed by atoms with Gasteiger partial charge in [0.25, 0.3) is 0 Å². The molecule has 0 saturated carbocycles. The lowest BCUT2D eigenvalue weighted by molar-refractivity contribution is 0.0656. The Morgan fingerprint density at radius 3 is 2.90 bits per heavy atom. The van der Waals surface area contributed by atoms with Crippen molar-refractivity contribution >= 4 is 6.09 Å². The third kappa shape index (κ3) is 2.96. The van der Waals surface area contributed by atoms with Crippen LogP contribution in [0.3, 0.4) is 0 Å². The lowest BCUT2D eigenvalue weighted by atomic mass is 9.87. The van der Waals surface area contributed by atoms with E-state index in [1.54, 1.807) is 0 Å². The van der Waals surface area contributed by atoms with Crippen LogP contribution in [0.25, 0.3) is 0 Å². The van der Waals surface area contributed by atoms with Crippen LogP contribution >= 0.6 is 0 Å². The molecular formula is C16H21NO3. The van der Waals surface area contributed by atoms with Gasteiger partial charge in [-0.1, -0.05) is 30.3 Å². The van der Waals surface area contributed by atoms with Crippen molar-refractivity contribution in [2.75, 3.05) is 19.7 Å². The van der Waals surface area contributed by atoms with E-state index in [1.165, 1.54) is 0 Å². The minimum atomic E-state index is -0.206. The monoisotopic (exact) mass is 275 g/mol. The Morgan fingerprint density at radius 2 is 2.20 bits per heavy atom. The molecule has 0 spiro atoms. The number of likely N-dealkylation sites (tertiary alicyclic amines) is 1. The molecule has 4 nitrogen and oxygen atoms in total. The third-order valence-corrected chi connectivity index (χ3v) is 4.35. The third-order valence-electron chi connectivity index (χ3n) is 4.35. The van der Waals surface area contributed by atoms with Gasteiger partial charge in [0.05, 0.1) is 12.2 Å². The molecule has 0 aliphatic carbocycles. The molecule has 3 rings (SSSR count). The molecule has 1 amide bonds. The molecule has 1 aromatic rings. The van der Waals surface area contributed by atoms with Crippen molar-refractivity contribution in [2.45, 2.75) is 32.0 Å². The molecule has 2 saturated heterocycles. The highest BCUT2D eigenvalue weighted by Crippen LogP contribution is 2.39. The van der Waals surface area contributed by atoms with Crippen LogP contribution in [0.15, 0.2) is 30.3 Å². The van der Waals surface area contributed by atoms with Gasteiger partial charge < -0.3 is 14.4 Å². The quantitative estimate of drug-likeness (QED) is 0.797. The highest BCUT2D eigenvalue weighted by atomic mass is 16.6. The number of hydrogen-bond donors (Lipinski definition) is 0. The Kier molecular flexibility index (Phi) is 3.66. The van der Waals surface area contributed by atoms with Gasteiger partial charge in [-0.2, -0.15) is 0 Å². The molecule has 0 aromatic heterocycles. The van der Waals surface area contributed by atoms with Gasteiger partial charge in [0.1, 0.15) is 6.61 Å². The second-order valence-electron chi connectivity index (χ2n) is 5.93. The van der Waals surface area contributed by atoms with Crippen LogP contribution in [0, 0.1) is 5.92 Å². The molecule has 2 atom stereocenters. The Balaban J connectivity index is 1.52. The van der Waals surface area contributed by atoms with Crippen molar-refractivity contribution < 1.29 is 14.3 Å². The SMILES string of the molecule is CC1([C@H]2CCCN(C(=O)OCc3ccccc3)C2)CO1. The summed E-state index contributed by atoms with van der Waals surface area (Å²) in [4.78, 5) is 14.0. The number of piperidine rings is 1. The molecule has 1 aromatic carbocycles. The van der Waals surface area contributed by atoms with Crippen LogP contribution in [0.2, 0.25) is 0 Å². The first-order chi connectivity index (χ1) is 9.67. The van der Waals surface area contributed by atoms with Crippen LogP contribution in [-0.2, 0) is 16.1 Å². The molecule has 20 heavy (non-hydrogen) atoms. The van der Waals surface area contributed by atoms with E-state index in [0.29, 0.717) is 12.5 Å². The van der Waals surface area contributed by atoms with Crippen molar-refractivity contribution in [1.29, 1.82) is 0 Å². The van der Waals surface area contributed by atoms with E-state index in [1.807, 2.05) is 35.2 Å². The fourth-order valence-corrected chi connectivity index (χ4v) is 2.80. The number of hydrogen-bond acceptors (Lipinski definition) is 3. The number of nitrogens with zero attached hydrogens (tertiary/aromatic N) is 1. The zero-order valence-corrected chi connectivity index (χ0v) is 11.9. The van der Waals surface area contributed by atoms with Gasteiger partial charge in [-0.3, -0.25) is 0 Å². The average Bonchev–Trinajstić information content (AvgIpc) is 3.25. The summed E-state index contributed by atoms with van der Waals surface area (Å²) in [6, 6.07) is 9.78. The first-order valence-corrected chi connectivity index (χ1v) is 7.27. The van der Waals surface area contributed by atoms with E-state index >= 15 is 0 Å². The zero-order chi connectivity index (χ0) is 14.0. The van der Waals surface area contributed by atoms with E-state index in [4.69, 9.17) is 9.47 Å². The second-order valence-corrected chi connectivity index (χ2v) is 5.93. The van der Waals surface area contributed by atoms with Gasteiger partial charge in [0, 0.05) is 19.0 Å². The zero-order valence-electron chi connectivity index (χ0n) is 11.9. The Hall–Kier alpha value is -1.55. The van der Waals surface area contributed by atoms with Gasteiger partial charge >= 0.3 is 6.09 Å². The van der Waals surface area contributed by atoms with Crippen molar-refractivity contribution in [3.05, 3.63) is 35.9 Å². The number of carbonyl (C=O) groups excluding carboxylic acids is 1. The molecule has 2 heterocycles. The molecule has 1 unspecified atom stereocenters. The number of ether oxygens (including phenoxy) is 2. The molecule has 2 fully saturated rings. The summed E-state index contributed by atoms with van der Waals surface area (Å²) in [6.07, 6.45) is 1.96. The molecular weight excluding hydrogens is 254 g/mol. The molecule has 2 aliphatic rings. The topological polar surface area (TPSA) is 42.1 Å². The molecule has 0 bridgehead atoms. The average molecular weight is 275 g/mol. The van der Waals surface area contributed by atoms with Gasteiger partial charge in [-0.25, -0.2) is 4.79 Å². The smallest absolute Gasteiger partial charge is 0.410 e.